The molecule has 0 saturated carbocycles. The molecule has 0 radical (unpaired) electrons. The van der Waals surface area contributed by atoms with E-state index in [0.29, 0.717) is 0 Å². The van der Waals surface area contributed by atoms with Crippen LogP contribution in [0.2, 0.25) is 0 Å². The van der Waals surface area contributed by atoms with Crippen molar-refractivity contribution in [3.05, 3.63) is 12.2 Å². The lowest BCUT2D eigenvalue weighted by molar-refractivity contribution is -0.167. The first-order chi connectivity index (χ1) is 5.62. The van der Waals surface area contributed by atoms with Crippen LogP contribution in [0.1, 0.15) is 6.92 Å². The summed E-state index contributed by atoms with van der Waals surface area (Å²) in [6, 6.07) is 0. The first kappa shape index (κ1) is 8.98. The molecule has 1 rings (SSSR count). The zero-order valence-electron chi connectivity index (χ0n) is 7.03. The van der Waals surface area contributed by atoms with Gasteiger partial charge in [-0.3, -0.25) is 4.79 Å². The molecule has 2 atom stereocenters. The van der Waals surface area contributed by atoms with Crippen LogP contribution in [0.15, 0.2) is 12.2 Å². The number of hydrogen-bond acceptors (Lipinski definition) is 3. The van der Waals surface area contributed by atoms with Crippen molar-refractivity contribution >= 4 is 5.78 Å². The van der Waals surface area contributed by atoms with Gasteiger partial charge in [0.15, 0.2) is 17.7 Å². The minimum Gasteiger partial charge on any atom is -0.352 e. The van der Waals surface area contributed by atoms with Crippen LogP contribution in [0.3, 0.4) is 0 Å². The highest BCUT2D eigenvalue weighted by atomic mass is 16.7. The van der Waals surface area contributed by atoms with Crippen molar-refractivity contribution in [2.45, 2.75) is 18.8 Å². The second-order valence-corrected chi connectivity index (χ2v) is 2.62. The predicted octanol–water partition coefficient (Wildman–Crippen LogP) is 0.506. The minimum absolute atomic E-state index is 0.224. The fraction of sp³-hybridized carbons (Fsp3) is 0.444. The molecule has 3 nitrogen and oxygen atoms in total. The molecule has 0 bridgehead atoms. The van der Waals surface area contributed by atoms with Gasteiger partial charge in [-0.15, -0.1) is 6.42 Å². The largest absolute Gasteiger partial charge is 0.352 e. The summed E-state index contributed by atoms with van der Waals surface area (Å²) in [6.07, 6.45) is 7.55. The summed E-state index contributed by atoms with van der Waals surface area (Å²) in [7, 11) is 1.49. The van der Waals surface area contributed by atoms with Gasteiger partial charge in [-0.1, -0.05) is 5.92 Å². The van der Waals surface area contributed by atoms with E-state index in [1.807, 2.05) is 0 Å². The van der Waals surface area contributed by atoms with E-state index in [4.69, 9.17) is 15.9 Å². The van der Waals surface area contributed by atoms with Crippen LogP contribution in [-0.2, 0) is 14.3 Å². The zero-order valence-corrected chi connectivity index (χ0v) is 7.03. The normalized spacial score (nSPS) is 34.8. The molecule has 0 N–H and O–H groups in total. The average Bonchev–Trinajstić information content (AvgIpc) is 2.10. The quantitative estimate of drug-likeness (QED) is 0.532. The van der Waals surface area contributed by atoms with Gasteiger partial charge in [0.2, 0.25) is 0 Å². The molecular weight excluding hydrogens is 156 g/mol. The molecule has 1 aliphatic heterocycles. The standard InChI is InChI=1S/C9H10O3/c1-4-9(2)7(10)5-6-8(11-3)12-9/h1,5-6,8H,2-3H3. The Labute approximate surface area is 71.4 Å². The second kappa shape index (κ2) is 3.10. The fourth-order valence-electron chi connectivity index (χ4n) is 0.886. The van der Waals surface area contributed by atoms with Gasteiger partial charge in [-0.25, -0.2) is 0 Å². The lowest BCUT2D eigenvalue weighted by Crippen LogP contribution is -2.42. The zero-order chi connectivity index (χ0) is 9.19. The maximum absolute atomic E-state index is 11.2. The van der Waals surface area contributed by atoms with Crippen molar-refractivity contribution in [3.8, 4) is 12.3 Å². The van der Waals surface area contributed by atoms with Crippen molar-refractivity contribution in [2.24, 2.45) is 0 Å². The Bertz CT molecular complexity index is 261. The van der Waals surface area contributed by atoms with E-state index in [2.05, 4.69) is 5.92 Å². The molecule has 0 aromatic rings. The van der Waals surface area contributed by atoms with E-state index in [1.54, 1.807) is 6.92 Å². The van der Waals surface area contributed by atoms with Gasteiger partial charge in [-0.2, -0.15) is 0 Å². The molecule has 64 valence electrons. The molecular formula is C9H10O3. The highest BCUT2D eigenvalue weighted by molar-refractivity contribution is 5.99. The molecule has 0 spiro atoms. The van der Waals surface area contributed by atoms with Gasteiger partial charge in [0.05, 0.1) is 0 Å². The number of terminal acetylenes is 1. The summed E-state index contributed by atoms with van der Waals surface area (Å²) in [6.45, 7) is 1.55. The van der Waals surface area contributed by atoms with Crippen molar-refractivity contribution in [2.75, 3.05) is 7.11 Å². The summed E-state index contributed by atoms with van der Waals surface area (Å²) in [5.74, 6) is 2.07. The minimum atomic E-state index is -1.17. The molecule has 12 heavy (non-hydrogen) atoms. The first-order valence-electron chi connectivity index (χ1n) is 3.53. The second-order valence-electron chi connectivity index (χ2n) is 2.62. The van der Waals surface area contributed by atoms with Crippen molar-refractivity contribution < 1.29 is 14.3 Å². The molecule has 0 aromatic carbocycles. The summed E-state index contributed by atoms with van der Waals surface area (Å²) >= 11 is 0. The van der Waals surface area contributed by atoms with Crippen molar-refractivity contribution in [1.29, 1.82) is 0 Å². The Morgan fingerprint density at radius 1 is 1.83 bits per heavy atom. The summed E-state index contributed by atoms with van der Waals surface area (Å²) in [5.41, 5.74) is -1.17. The number of carbonyl (C=O) groups excluding carboxylic acids is 1. The number of ketones is 1. The van der Waals surface area contributed by atoms with Gasteiger partial charge < -0.3 is 9.47 Å². The fourth-order valence-corrected chi connectivity index (χ4v) is 0.886. The lowest BCUT2D eigenvalue weighted by Gasteiger charge is -2.28. The first-order valence-corrected chi connectivity index (χ1v) is 3.53. The Balaban J connectivity index is 2.88. The van der Waals surface area contributed by atoms with Gasteiger partial charge in [-0.05, 0) is 19.1 Å². The van der Waals surface area contributed by atoms with Gasteiger partial charge in [0, 0.05) is 7.11 Å². The van der Waals surface area contributed by atoms with Crippen LogP contribution in [-0.4, -0.2) is 24.8 Å². The Hall–Kier alpha value is -1.11. The highest BCUT2D eigenvalue weighted by Gasteiger charge is 2.35. The molecule has 0 amide bonds. The Morgan fingerprint density at radius 3 is 3.00 bits per heavy atom. The summed E-state index contributed by atoms with van der Waals surface area (Å²) in [4.78, 5) is 11.2. The van der Waals surface area contributed by atoms with Gasteiger partial charge in [0.1, 0.15) is 0 Å². The van der Waals surface area contributed by atoms with E-state index in [0.717, 1.165) is 0 Å². The number of rotatable bonds is 1. The molecule has 2 unspecified atom stereocenters. The molecule has 3 heteroatoms. The van der Waals surface area contributed by atoms with Crippen molar-refractivity contribution in [3.63, 3.8) is 0 Å². The van der Waals surface area contributed by atoms with E-state index in [1.165, 1.54) is 19.3 Å². The number of ether oxygens (including phenoxy) is 2. The molecule has 1 heterocycles. The maximum Gasteiger partial charge on any atom is 0.199 e. The molecule has 1 aliphatic rings. The van der Waals surface area contributed by atoms with E-state index < -0.39 is 11.9 Å². The van der Waals surface area contributed by atoms with Crippen molar-refractivity contribution in [1.82, 2.24) is 0 Å². The molecule has 0 saturated heterocycles. The van der Waals surface area contributed by atoms with E-state index >= 15 is 0 Å². The summed E-state index contributed by atoms with van der Waals surface area (Å²) in [5, 5.41) is 0. The third kappa shape index (κ3) is 1.40. The van der Waals surface area contributed by atoms with Crippen LogP contribution in [0, 0.1) is 12.3 Å². The molecule has 0 aliphatic carbocycles. The average molecular weight is 166 g/mol. The van der Waals surface area contributed by atoms with E-state index in [-0.39, 0.29) is 5.78 Å². The number of methoxy groups -OCH3 is 1. The third-order valence-corrected chi connectivity index (χ3v) is 1.73. The van der Waals surface area contributed by atoms with Gasteiger partial charge >= 0.3 is 0 Å². The maximum atomic E-state index is 11.2. The Kier molecular flexibility index (Phi) is 2.32. The number of carbonyl (C=O) groups is 1. The third-order valence-electron chi connectivity index (χ3n) is 1.73. The highest BCUT2D eigenvalue weighted by Crippen LogP contribution is 2.19. The van der Waals surface area contributed by atoms with E-state index in [9.17, 15) is 4.79 Å². The van der Waals surface area contributed by atoms with Crippen LogP contribution < -0.4 is 0 Å². The monoisotopic (exact) mass is 166 g/mol. The topological polar surface area (TPSA) is 35.5 Å². The van der Waals surface area contributed by atoms with Crippen LogP contribution in [0.4, 0.5) is 0 Å². The lowest BCUT2D eigenvalue weighted by atomic mass is 9.99. The molecule has 0 fully saturated rings. The number of hydrogen-bond donors (Lipinski definition) is 0. The van der Waals surface area contributed by atoms with Crippen LogP contribution >= 0.6 is 0 Å². The van der Waals surface area contributed by atoms with Gasteiger partial charge in [0.25, 0.3) is 0 Å². The van der Waals surface area contributed by atoms with Crippen LogP contribution in [0.25, 0.3) is 0 Å². The predicted molar refractivity (Wildman–Crippen MR) is 43.3 cm³/mol. The van der Waals surface area contributed by atoms with Crippen LogP contribution in [0.5, 0.6) is 0 Å². The Morgan fingerprint density at radius 2 is 2.50 bits per heavy atom. The smallest absolute Gasteiger partial charge is 0.199 e. The molecule has 0 aromatic heterocycles. The SMILES string of the molecule is C#CC1(C)OC(OC)C=CC1=O. The summed E-state index contributed by atoms with van der Waals surface area (Å²) < 4.78 is 10.1.